The Hall–Kier alpha value is -2.69. The third-order valence-corrected chi connectivity index (χ3v) is 4.11. The predicted octanol–water partition coefficient (Wildman–Crippen LogP) is 4.05. The van der Waals surface area contributed by atoms with Crippen LogP contribution in [-0.2, 0) is 13.0 Å². The minimum atomic E-state index is -0.135. The molecule has 0 fully saturated rings. The maximum Gasteiger partial charge on any atom is 0.255 e. The third kappa shape index (κ3) is 3.45. The summed E-state index contributed by atoms with van der Waals surface area (Å²) in [6, 6.07) is 13.5. The summed E-state index contributed by atoms with van der Waals surface area (Å²) in [5.74, 6) is -0.135. The molecule has 124 valence electrons. The van der Waals surface area contributed by atoms with Gasteiger partial charge in [-0.15, -0.1) is 5.10 Å². The van der Waals surface area contributed by atoms with E-state index in [9.17, 15) is 4.79 Å². The number of carbonyl (C=O) groups is 1. The molecule has 0 aliphatic carbocycles. The highest BCUT2D eigenvalue weighted by Gasteiger charge is 2.10. The van der Waals surface area contributed by atoms with Gasteiger partial charge in [-0.3, -0.25) is 4.79 Å². The van der Waals surface area contributed by atoms with Crippen molar-refractivity contribution in [2.24, 2.45) is 0 Å². The van der Waals surface area contributed by atoms with Crippen LogP contribution in [0.4, 0.5) is 5.69 Å². The lowest BCUT2D eigenvalue weighted by Crippen LogP contribution is -2.11. The van der Waals surface area contributed by atoms with Gasteiger partial charge in [0.25, 0.3) is 5.91 Å². The zero-order valence-electron chi connectivity index (χ0n) is 14.1. The summed E-state index contributed by atoms with van der Waals surface area (Å²) in [5, 5.41) is 11.1. The fourth-order valence-corrected chi connectivity index (χ4v) is 2.69. The molecule has 0 unspecified atom stereocenters. The first-order valence-corrected chi connectivity index (χ1v) is 8.44. The Bertz CT molecular complexity index is 836. The minimum absolute atomic E-state index is 0.135. The first-order valence-electron chi connectivity index (χ1n) is 8.44. The van der Waals surface area contributed by atoms with Crippen LogP contribution in [-0.4, -0.2) is 20.9 Å². The molecule has 0 radical (unpaired) electrons. The van der Waals surface area contributed by atoms with Gasteiger partial charge in [-0.25, -0.2) is 4.68 Å². The average Bonchev–Trinajstić information content (AvgIpc) is 3.03. The second-order valence-corrected chi connectivity index (χ2v) is 5.86. The summed E-state index contributed by atoms with van der Waals surface area (Å²) in [6.45, 7) is 4.95. The molecule has 3 rings (SSSR count). The zero-order valence-corrected chi connectivity index (χ0v) is 14.1. The van der Waals surface area contributed by atoms with E-state index >= 15 is 0 Å². The van der Waals surface area contributed by atoms with Crippen LogP contribution in [0.3, 0.4) is 0 Å². The molecule has 0 bridgehead atoms. The van der Waals surface area contributed by atoms with Gasteiger partial charge >= 0.3 is 0 Å². The molecule has 5 heteroatoms. The van der Waals surface area contributed by atoms with Crippen LogP contribution < -0.4 is 5.32 Å². The minimum Gasteiger partial charge on any atom is -0.322 e. The molecular weight excluding hydrogens is 300 g/mol. The Kier molecular flexibility index (Phi) is 4.89. The van der Waals surface area contributed by atoms with Gasteiger partial charge in [0.1, 0.15) is 5.52 Å². The van der Waals surface area contributed by atoms with Crippen molar-refractivity contribution < 1.29 is 4.79 Å². The standard InChI is InChI=1S/C19H22N4O/c1-3-5-6-14-7-10-16(11-8-14)20-19(24)15-9-12-18-17(13-15)21-22-23(18)4-2/h7-13H,3-6H2,1-2H3,(H,20,24). The van der Waals surface area contributed by atoms with Crippen LogP contribution in [0.25, 0.3) is 11.0 Å². The van der Waals surface area contributed by atoms with Crippen molar-refractivity contribution >= 4 is 22.6 Å². The molecular formula is C19H22N4O. The summed E-state index contributed by atoms with van der Waals surface area (Å²) < 4.78 is 1.81. The number of hydrogen-bond acceptors (Lipinski definition) is 3. The Morgan fingerprint density at radius 2 is 1.92 bits per heavy atom. The lowest BCUT2D eigenvalue weighted by molar-refractivity contribution is 0.102. The van der Waals surface area contributed by atoms with Crippen LogP contribution in [0.5, 0.6) is 0 Å². The number of rotatable bonds is 6. The van der Waals surface area contributed by atoms with Gasteiger partial charge in [-0.1, -0.05) is 30.7 Å². The van der Waals surface area contributed by atoms with Gasteiger partial charge in [0.05, 0.1) is 5.52 Å². The number of hydrogen-bond donors (Lipinski definition) is 1. The van der Waals surface area contributed by atoms with E-state index < -0.39 is 0 Å². The molecule has 1 aromatic heterocycles. The Labute approximate surface area is 141 Å². The number of aryl methyl sites for hydroxylation is 2. The summed E-state index contributed by atoms with van der Waals surface area (Å²) >= 11 is 0. The molecule has 3 aromatic rings. The van der Waals surface area contributed by atoms with Crippen LogP contribution in [0.2, 0.25) is 0 Å². The fourth-order valence-electron chi connectivity index (χ4n) is 2.69. The summed E-state index contributed by atoms with van der Waals surface area (Å²) in [6.07, 6.45) is 3.45. The average molecular weight is 322 g/mol. The first-order chi connectivity index (χ1) is 11.7. The van der Waals surface area contributed by atoms with Gasteiger partial charge < -0.3 is 5.32 Å². The molecule has 1 N–H and O–H groups in total. The number of anilines is 1. The number of fused-ring (bicyclic) bond motifs is 1. The molecule has 0 aliphatic heterocycles. The van der Waals surface area contributed by atoms with Crippen LogP contribution >= 0.6 is 0 Å². The molecule has 0 spiro atoms. The predicted molar refractivity (Wildman–Crippen MR) is 96.2 cm³/mol. The van der Waals surface area contributed by atoms with E-state index in [-0.39, 0.29) is 5.91 Å². The maximum absolute atomic E-state index is 12.4. The number of benzene rings is 2. The van der Waals surface area contributed by atoms with Crippen molar-refractivity contribution in [3.63, 3.8) is 0 Å². The number of amides is 1. The summed E-state index contributed by atoms with van der Waals surface area (Å²) in [4.78, 5) is 12.4. The van der Waals surface area contributed by atoms with Gasteiger partial charge in [-0.2, -0.15) is 0 Å². The van der Waals surface area contributed by atoms with E-state index in [4.69, 9.17) is 0 Å². The fraction of sp³-hybridized carbons (Fsp3) is 0.316. The van der Waals surface area contributed by atoms with Crippen molar-refractivity contribution in [1.82, 2.24) is 15.0 Å². The van der Waals surface area contributed by atoms with Gasteiger partial charge in [0, 0.05) is 17.8 Å². The molecule has 1 amide bonds. The number of nitrogens with zero attached hydrogens (tertiary/aromatic N) is 3. The van der Waals surface area contributed by atoms with Gasteiger partial charge in [0.2, 0.25) is 0 Å². The van der Waals surface area contributed by atoms with E-state index in [1.165, 1.54) is 18.4 Å². The molecule has 5 nitrogen and oxygen atoms in total. The molecule has 0 saturated carbocycles. The monoisotopic (exact) mass is 322 g/mol. The van der Waals surface area contributed by atoms with E-state index in [1.54, 1.807) is 6.07 Å². The highest BCUT2D eigenvalue weighted by Crippen LogP contribution is 2.16. The number of unbranched alkanes of at least 4 members (excludes halogenated alkanes) is 1. The second kappa shape index (κ2) is 7.25. The van der Waals surface area contributed by atoms with Crippen molar-refractivity contribution in [3.8, 4) is 0 Å². The maximum atomic E-state index is 12.4. The van der Waals surface area contributed by atoms with Crippen molar-refractivity contribution in [3.05, 3.63) is 53.6 Å². The highest BCUT2D eigenvalue weighted by molar-refractivity contribution is 6.05. The van der Waals surface area contributed by atoms with E-state index in [0.29, 0.717) is 5.56 Å². The highest BCUT2D eigenvalue weighted by atomic mass is 16.1. The SMILES string of the molecule is CCCCc1ccc(NC(=O)c2ccc3c(c2)nnn3CC)cc1. The van der Waals surface area contributed by atoms with E-state index in [1.807, 2.05) is 35.9 Å². The first kappa shape index (κ1) is 16.2. The number of aromatic nitrogens is 3. The van der Waals surface area contributed by atoms with E-state index in [2.05, 4.69) is 34.7 Å². The van der Waals surface area contributed by atoms with Crippen LogP contribution in [0.15, 0.2) is 42.5 Å². The van der Waals surface area contributed by atoms with Crippen molar-refractivity contribution in [1.29, 1.82) is 0 Å². The normalized spacial score (nSPS) is 10.9. The largest absolute Gasteiger partial charge is 0.322 e. The van der Waals surface area contributed by atoms with Crippen LogP contribution in [0.1, 0.15) is 42.6 Å². The van der Waals surface area contributed by atoms with Crippen molar-refractivity contribution in [2.45, 2.75) is 39.7 Å². The second-order valence-electron chi connectivity index (χ2n) is 5.86. The zero-order chi connectivity index (χ0) is 16.9. The molecule has 2 aromatic carbocycles. The van der Waals surface area contributed by atoms with Gasteiger partial charge in [0.15, 0.2) is 0 Å². The molecule has 0 atom stereocenters. The summed E-state index contributed by atoms with van der Waals surface area (Å²) in [5.41, 5.74) is 4.36. The molecule has 0 aliphatic rings. The molecule has 24 heavy (non-hydrogen) atoms. The molecule has 1 heterocycles. The van der Waals surface area contributed by atoms with Crippen molar-refractivity contribution in [2.75, 3.05) is 5.32 Å². The third-order valence-electron chi connectivity index (χ3n) is 4.11. The van der Waals surface area contributed by atoms with Crippen LogP contribution in [0, 0.1) is 0 Å². The topological polar surface area (TPSA) is 59.8 Å². The smallest absolute Gasteiger partial charge is 0.255 e. The van der Waals surface area contributed by atoms with Gasteiger partial charge in [-0.05, 0) is 55.7 Å². The lowest BCUT2D eigenvalue weighted by Gasteiger charge is -2.07. The molecule has 0 saturated heterocycles. The Morgan fingerprint density at radius 3 is 2.62 bits per heavy atom. The lowest BCUT2D eigenvalue weighted by atomic mass is 10.1. The number of nitrogens with one attached hydrogen (secondary N) is 1. The Balaban J connectivity index is 1.72. The summed E-state index contributed by atoms with van der Waals surface area (Å²) in [7, 11) is 0. The quantitative estimate of drug-likeness (QED) is 0.745. The number of carbonyl (C=O) groups excluding carboxylic acids is 1. The van der Waals surface area contributed by atoms with E-state index in [0.717, 1.165) is 29.7 Å². The Morgan fingerprint density at radius 1 is 1.12 bits per heavy atom.